The van der Waals surface area contributed by atoms with Crippen LogP contribution < -0.4 is 14.8 Å². The van der Waals surface area contributed by atoms with Crippen molar-refractivity contribution < 1.29 is 31.2 Å². The topological polar surface area (TPSA) is 153 Å². The predicted molar refractivity (Wildman–Crippen MR) is 111 cm³/mol. The molecule has 0 saturated heterocycles. The fourth-order valence-electron chi connectivity index (χ4n) is 3.10. The van der Waals surface area contributed by atoms with E-state index >= 15 is 0 Å². The number of hydrogen-bond acceptors (Lipinski definition) is 7. The number of nitrogens with one attached hydrogen (secondary N) is 1. The summed E-state index contributed by atoms with van der Waals surface area (Å²) >= 11 is 0. The molecule has 0 aromatic heterocycles. The number of rotatable bonds is 7. The number of nitrogens with two attached hydrogens (primary N) is 1. The third kappa shape index (κ3) is 5.28. The lowest BCUT2D eigenvalue weighted by Crippen LogP contribution is -2.41. The molecule has 0 spiro atoms. The zero-order valence-electron chi connectivity index (χ0n) is 16.5. The van der Waals surface area contributed by atoms with Gasteiger partial charge < -0.3 is 9.64 Å². The third-order valence-corrected chi connectivity index (χ3v) is 7.12. The summed E-state index contributed by atoms with van der Waals surface area (Å²) in [5.74, 6) is -1.43. The third-order valence-electron chi connectivity index (χ3n) is 4.65. The van der Waals surface area contributed by atoms with Gasteiger partial charge in [-0.2, -0.15) is 4.72 Å². The van der Waals surface area contributed by atoms with E-state index in [1.54, 1.807) is 18.2 Å². The lowest BCUT2D eigenvalue weighted by Gasteiger charge is -2.18. The van der Waals surface area contributed by atoms with Gasteiger partial charge in [-0.05, 0) is 49.2 Å². The van der Waals surface area contributed by atoms with Gasteiger partial charge in [-0.3, -0.25) is 9.59 Å². The van der Waals surface area contributed by atoms with Crippen LogP contribution in [0.5, 0.6) is 0 Å². The molecular weight excluding hydrogens is 446 g/mol. The Hall–Kier alpha value is -2.80. The smallest absolute Gasteiger partial charge is 0.324 e. The molecule has 1 atom stereocenters. The van der Waals surface area contributed by atoms with Crippen molar-refractivity contribution in [3.05, 3.63) is 54.1 Å². The van der Waals surface area contributed by atoms with Crippen LogP contribution in [0.15, 0.2) is 58.3 Å². The number of nitrogens with zero attached hydrogens (tertiary/aromatic N) is 1. The summed E-state index contributed by atoms with van der Waals surface area (Å²) in [6.45, 7) is 1.01. The molecule has 0 fully saturated rings. The van der Waals surface area contributed by atoms with Crippen LogP contribution in [0.4, 0.5) is 5.69 Å². The number of primary sulfonamides is 1. The van der Waals surface area contributed by atoms with Crippen LogP contribution >= 0.6 is 0 Å². The summed E-state index contributed by atoms with van der Waals surface area (Å²) < 4.78 is 54.7. The van der Waals surface area contributed by atoms with Crippen molar-refractivity contribution in [3.63, 3.8) is 0 Å². The molecule has 0 unspecified atom stereocenters. The first-order valence-electron chi connectivity index (χ1n) is 9.19. The lowest BCUT2D eigenvalue weighted by atomic mass is 10.2. The van der Waals surface area contributed by atoms with Gasteiger partial charge in [0.2, 0.25) is 20.0 Å². The van der Waals surface area contributed by atoms with Crippen LogP contribution in [0.25, 0.3) is 0 Å². The number of benzene rings is 2. The average molecular weight is 468 g/mol. The van der Waals surface area contributed by atoms with Crippen LogP contribution in [0.2, 0.25) is 0 Å². The minimum Gasteiger partial charge on any atom is -0.454 e. The summed E-state index contributed by atoms with van der Waals surface area (Å²) in [5, 5.41) is 5.12. The van der Waals surface area contributed by atoms with Crippen LogP contribution in [-0.2, 0) is 40.8 Å². The Balaban J connectivity index is 1.60. The normalized spacial score (nSPS) is 14.7. The van der Waals surface area contributed by atoms with Gasteiger partial charge in [0, 0.05) is 12.2 Å². The van der Waals surface area contributed by atoms with Crippen LogP contribution in [0.1, 0.15) is 12.5 Å². The van der Waals surface area contributed by atoms with E-state index in [4.69, 9.17) is 9.88 Å². The van der Waals surface area contributed by atoms with E-state index in [1.165, 1.54) is 42.2 Å². The molecule has 12 heteroatoms. The molecule has 166 valence electrons. The molecule has 2 aromatic carbocycles. The lowest BCUT2D eigenvalue weighted by molar-refractivity contribution is -0.149. The van der Waals surface area contributed by atoms with Gasteiger partial charge in [-0.1, -0.05) is 18.2 Å². The van der Waals surface area contributed by atoms with Gasteiger partial charge in [0.05, 0.1) is 9.79 Å². The first kappa shape index (κ1) is 22.9. The number of sulfonamides is 2. The SMILES string of the molecule is C[C@H](NS(=O)(=O)c1ccccc1)C(=O)OCC(=O)N1CCc2cc(S(N)(=O)=O)ccc21. The molecule has 0 radical (unpaired) electrons. The second kappa shape index (κ2) is 8.75. The molecule has 1 aliphatic heterocycles. The molecule has 31 heavy (non-hydrogen) atoms. The number of ether oxygens (including phenoxy) is 1. The average Bonchev–Trinajstić information content (AvgIpc) is 3.15. The van der Waals surface area contributed by atoms with Gasteiger partial charge in [0.25, 0.3) is 5.91 Å². The monoisotopic (exact) mass is 467 g/mol. The molecule has 10 nitrogen and oxygen atoms in total. The van der Waals surface area contributed by atoms with Crippen LogP contribution in [0, 0.1) is 0 Å². The zero-order chi connectivity index (χ0) is 22.8. The van der Waals surface area contributed by atoms with E-state index in [0.717, 1.165) is 0 Å². The molecule has 0 aliphatic carbocycles. The standard InChI is InChI=1S/C19H21N3O7S2/c1-13(21-31(27,28)15-5-3-2-4-6-15)19(24)29-12-18(23)22-10-9-14-11-16(30(20,25)26)7-8-17(14)22/h2-8,11,13,21H,9-10,12H2,1H3,(H2,20,25,26)/t13-/m0/s1. The van der Waals surface area contributed by atoms with Crippen molar-refractivity contribution >= 4 is 37.6 Å². The van der Waals surface area contributed by atoms with E-state index in [9.17, 15) is 26.4 Å². The minimum absolute atomic E-state index is 0.00161. The molecule has 2 aromatic rings. The fraction of sp³-hybridized carbons (Fsp3) is 0.263. The first-order valence-corrected chi connectivity index (χ1v) is 12.2. The van der Waals surface area contributed by atoms with Crippen LogP contribution in [-0.4, -0.2) is 47.9 Å². The summed E-state index contributed by atoms with van der Waals surface area (Å²) in [6, 6.07) is 10.5. The highest BCUT2D eigenvalue weighted by molar-refractivity contribution is 7.89. The van der Waals surface area contributed by atoms with Gasteiger partial charge in [0.1, 0.15) is 6.04 Å². The quantitative estimate of drug-likeness (QED) is 0.549. The van der Waals surface area contributed by atoms with Crippen molar-refractivity contribution in [2.75, 3.05) is 18.1 Å². The Bertz CT molecular complexity index is 1210. The van der Waals surface area contributed by atoms with Crippen molar-refractivity contribution in [2.24, 2.45) is 5.14 Å². The maximum absolute atomic E-state index is 12.5. The number of fused-ring (bicyclic) bond motifs is 1. The Labute approximate surface area is 180 Å². The highest BCUT2D eigenvalue weighted by Crippen LogP contribution is 2.30. The number of esters is 1. The number of amides is 1. The van der Waals surface area contributed by atoms with Gasteiger partial charge in [-0.15, -0.1) is 0 Å². The van der Waals surface area contributed by atoms with E-state index < -0.39 is 44.6 Å². The zero-order valence-corrected chi connectivity index (χ0v) is 18.1. The minimum atomic E-state index is -3.92. The molecular formula is C19H21N3O7S2. The highest BCUT2D eigenvalue weighted by atomic mass is 32.2. The largest absolute Gasteiger partial charge is 0.454 e. The van der Waals surface area contributed by atoms with E-state index in [0.29, 0.717) is 17.7 Å². The van der Waals surface area contributed by atoms with Crippen molar-refractivity contribution in [2.45, 2.75) is 29.2 Å². The Morgan fingerprint density at radius 2 is 1.77 bits per heavy atom. The Morgan fingerprint density at radius 3 is 2.42 bits per heavy atom. The Morgan fingerprint density at radius 1 is 1.10 bits per heavy atom. The van der Waals surface area contributed by atoms with Crippen molar-refractivity contribution in [1.82, 2.24) is 4.72 Å². The second-order valence-corrected chi connectivity index (χ2v) is 10.2. The summed E-state index contributed by atoms with van der Waals surface area (Å²) in [7, 11) is -7.78. The molecule has 3 N–H and O–H groups in total. The molecule has 1 aliphatic rings. The van der Waals surface area contributed by atoms with E-state index in [1.807, 2.05) is 0 Å². The predicted octanol–water partition coefficient (Wildman–Crippen LogP) is 0.133. The molecule has 0 bridgehead atoms. The Kier molecular flexibility index (Phi) is 6.46. The maximum atomic E-state index is 12.5. The molecule has 1 heterocycles. The first-order chi connectivity index (χ1) is 14.5. The number of carbonyl (C=O) groups excluding carboxylic acids is 2. The van der Waals surface area contributed by atoms with Gasteiger partial charge >= 0.3 is 5.97 Å². The van der Waals surface area contributed by atoms with E-state index in [2.05, 4.69) is 4.72 Å². The summed E-state index contributed by atoms with van der Waals surface area (Å²) in [5.41, 5.74) is 1.14. The fourth-order valence-corrected chi connectivity index (χ4v) is 4.88. The van der Waals surface area contributed by atoms with Gasteiger partial charge in [0.15, 0.2) is 6.61 Å². The molecule has 1 amide bonds. The number of anilines is 1. The molecule has 3 rings (SSSR count). The van der Waals surface area contributed by atoms with Crippen LogP contribution in [0.3, 0.4) is 0 Å². The van der Waals surface area contributed by atoms with Gasteiger partial charge in [-0.25, -0.2) is 22.0 Å². The van der Waals surface area contributed by atoms with Crippen molar-refractivity contribution in [3.8, 4) is 0 Å². The van der Waals surface area contributed by atoms with Crippen molar-refractivity contribution in [1.29, 1.82) is 0 Å². The highest BCUT2D eigenvalue weighted by Gasteiger charge is 2.28. The number of carbonyl (C=O) groups is 2. The summed E-state index contributed by atoms with van der Waals surface area (Å²) in [4.78, 5) is 26.0. The van der Waals surface area contributed by atoms with E-state index in [-0.39, 0.29) is 16.3 Å². The number of hydrogen-bond donors (Lipinski definition) is 2. The molecule has 0 saturated carbocycles. The second-order valence-electron chi connectivity index (χ2n) is 6.89. The summed E-state index contributed by atoms with van der Waals surface area (Å²) in [6.07, 6.45) is 0.422. The maximum Gasteiger partial charge on any atom is 0.324 e.